The fourth-order valence-electron chi connectivity index (χ4n) is 2.18. The van der Waals surface area contributed by atoms with Gasteiger partial charge in [-0.3, -0.25) is 4.79 Å². The first-order valence-corrected chi connectivity index (χ1v) is 7.36. The highest BCUT2D eigenvalue weighted by Gasteiger charge is 2.10. The maximum Gasteiger partial charge on any atom is 0.239 e. The first-order valence-electron chi connectivity index (χ1n) is 7.36. The molecule has 0 aliphatic heterocycles. The van der Waals surface area contributed by atoms with E-state index >= 15 is 0 Å². The summed E-state index contributed by atoms with van der Waals surface area (Å²) in [6.45, 7) is 9.09. The third-order valence-electron chi connectivity index (χ3n) is 3.14. The minimum absolute atomic E-state index is 0.0584. The maximum absolute atomic E-state index is 11.7. The maximum atomic E-state index is 11.7. The monoisotopic (exact) mass is 277 g/mol. The normalized spacial score (nSPS) is 10.4. The van der Waals surface area contributed by atoms with Crippen molar-refractivity contribution in [3.8, 4) is 0 Å². The summed E-state index contributed by atoms with van der Waals surface area (Å²) in [6, 6.07) is 6.37. The lowest BCUT2D eigenvalue weighted by atomic mass is 10.1. The number of carbonyl (C=O) groups is 1. The molecule has 1 aromatic carbocycles. The molecule has 4 heteroatoms. The number of nitrogens with zero attached hydrogens (tertiary/aromatic N) is 1. The molecule has 1 rings (SSSR count). The van der Waals surface area contributed by atoms with Gasteiger partial charge in [-0.05, 0) is 38.4 Å². The quantitative estimate of drug-likeness (QED) is 0.715. The first-order chi connectivity index (χ1) is 9.58. The van der Waals surface area contributed by atoms with Gasteiger partial charge in [-0.1, -0.05) is 24.6 Å². The zero-order chi connectivity index (χ0) is 15.0. The van der Waals surface area contributed by atoms with Crippen LogP contribution >= 0.6 is 0 Å². The van der Waals surface area contributed by atoms with Gasteiger partial charge in [-0.15, -0.1) is 0 Å². The van der Waals surface area contributed by atoms with Gasteiger partial charge >= 0.3 is 0 Å². The summed E-state index contributed by atoms with van der Waals surface area (Å²) in [4.78, 5) is 13.7. The van der Waals surface area contributed by atoms with Crippen LogP contribution in [0.15, 0.2) is 18.2 Å². The number of aryl methyl sites for hydroxylation is 1. The van der Waals surface area contributed by atoms with Gasteiger partial charge in [-0.2, -0.15) is 0 Å². The van der Waals surface area contributed by atoms with E-state index in [0.29, 0.717) is 13.1 Å². The molecule has 112 valence electrons. The SMILES string of the molecule is CCCNCc1cc(C)ccc1N(C)CC(=O)NCC. The summed E-state index contributed by atoms with van der Waals surface area (Å²) in [5.41, 5.74) is 3.60. The molecular weight excluding hydrogens is 250 g/mol. The van der Waals surface area contributed by atoms with E-state index in [1.54, 1.807) is 0 Å². The van der Waals surface area contributed by atoms with Gasteiger partial charge in [-0.25, -0.2) is 0 Å². The Morgan fingerprint density at radius 3 is 2.70 bits per heavy atom. The van der Waals surface area contributed by atoms with Crippen molar-refractivity contribution in [3.63, 3.8) is 0 Å². The van der Waals surface area contributed by atoms with E-state index in [9.17, 15) is 4.79 Å². The number of benzene rings is 1. The number of nitrogens with one attached hydrogen (secondary N) is 2. The van der Waals surface area contributed by atoms with E-state index in [0.717, 1.165) is 25.2 Å². The summed E-state index contributed by atoms with van der Waals surface area (Å²) in [6.07, 6.45) is 1.12. The average molecular weight is 277 g/mol. The number of rotatable bonds is 8. The topological polar surface area (TPSA) is 44.4 Å². The molecule has 2 N–H and O–H groups in total. The standard InChI is InChI=1S/C16H27N3O/c1-5-9-17-11-14-10-13(3)7-8-15(14)19(4)12-16(20)18-6-2/h7-8,10,17H,5-6,9,11-12H2,1-4H3,(H,18,20). The van der Waals surface area contributed by atoms with Crippen LogP contribution in [0.25, 0.3) is 0 Å². The number of amides is 1. The van der Waals surface area contributed by atoms with E-state index in [4.69, 9.17) is 0 Å². The van der Waals surface area contributed by atoms with E-state index in [1.807, 2.05) is 18.9 Å². The summed E-state index contributed by atoms with van der Waals surface area (Å²) in [5.74, 6) is 0.0584. The van der Waals surface area contributed by atoms with Crippen molar-refractivity contribution in [2.75, 3.05) is 31.6 Å². The molecular formula is C16H27N3O. The Labute approximate surface area is 122 Å². The second kappa shape index (κ2) is 8.59. The Kier molecular flexibility index (Phi) is 7.09. The van der Waals surface area contributed by atoms with Crippen molar-refractivity contribution in [1.82, 2.24) is 10.6 Å². The predicted molar refractivity (Wildman–Crippen MR) is 85.1 cm³/mol. The van der Waals surface area contributed by atoms with Crippen LogP contribution in [0.4, 0.5) is 5.69 Å². The third-order valence-corrected chi connectivity index (χ3v) is 3.14. The number of hydrogen-bond acceptors (Lipinski definition) is 3. The molecule has 0 aromatic heterocycles. The lowest BCUT2D eigenvalue weighted by Crippen LogP contribution is -2.35. The highest BCUT2D eigenvalue weighted by molar-refractivity contribution is 5.81. The molecule has 4 nitrogen and oxygen atoms in total. The van der Waals surface area contributed by atoms with Crippen molar-refractivity contribution < 1.29 is 4.79 Å². The minimum atomic E-state index is 0.0584. The Hall–Kier alpha value is -1.55. The van der Waals surface area contributed by atoms with Gasteiger partial charge in [0.05, 0.1) is 6.54 Å². The number of hydrogen-bond donors (Lipinski definition) is 2. The van der Waals surface area contributed by atoms with Crippen LogP contribution < -0.4 is 15.5 Å². The van der Waals surface area contributed by atoms with Crippen LogP contribution in [0.3, 0.4) is 0 Å². The molecule has 0 spiro atoms. The summed E-state index contributed by atoms with van der Waals surface area (Å²) >= 11 is 0. The molecule has 0 atom stereocenters. The summed E-state index contributed by atoms with van der Waals surface area (Å²) in [7, 11) is 1.96. The molecule has 0 fully saturated rings. The highest BCUT2D eigenvalue weighted by atomic mass is 16.2. The molecule has 0 bridgehead atoms. The van der Waals surface area contributed by atoms with Crippen molar-refractivity contribution in [3.05, 3.63) is 29.3 Å². The Balaban J connectivity index is 2.78. The smallest absolute Gasteiger partial charge is 0.239 e. The third kappa shape index (κ3) is 5.21. The van der Waals surface area contributed by atoms with Crippen molar-refractivity contribution in [2.24, 2.45) is 0 Å². The van der Waals surface area contributed by atoms with Crippen LogP contribution in [0.2, 0.25) is 0 Å². The highest BCUT2D eigenvalue weighted by Crippen LogP contribution is 2.20. The number of likely N-dealkylation sites (N-methyl/N-ethyl adjacent to an activating group) is 2. The van der Waals surface area contributed by atoms with E-state index in [2.05, 4.69) is 42.7 Å². The van der Waals surface area contributed by atoms with E-state index < -0.39 is 0 Å². The minimum Gasteiger partial charge on any atom is -0.365 e. The van der Waals surface area contributed by atoms with Gasteiger partial charge in [0.1, 0.15) is 0 Å². The summed E-state index contributed by atoms with van der Waals surface area (Å²) in [5, 5.41) is 6.26. The van der Waals surface area contributed by atoms with E-state index in [-0.39, 0.29) is 5.91 Å². The van der Waals surface area contributed by atoms with Crippen LogP contribution in [-0.2, 0) is 11.3 Å². The predicted octanol–water partition coefficient (Wildman–Crippen LogP) is 2.07. The van der Waals surface area contributed by atoms with Crippen LogP contribution in [0.1, 0.15) is 31.4 Å². The molecule has 0 heterocycles. The second-order valence-electron chi connectivity index (χ2n) is 5.12. The fraction of sp³-hybridized carbons (Fsp3) is 0.562. The zero-order valence-electron chi connectivity index (χ0n) is 13.1. The average Bonchev–Trinajstić information content (AvgIpc) is 2.39. The second-order valence-corrected chi connectivity index (χ2v) is 5.12. The molecule has 0 unspecified atom stereocenters. The molecule has 0 saturated carbocycles. The van der Waals surface area contributed by atoms with Crippen molar-refractivity contribution in [2.45, 2.75) is 33.7 Å². The molecule has 20 heavy (non-hydrogen) atoms. The Morgan fingerprint density at radius 1 is 1.30 bits per heavy atom. The van der Waals surface area contributed by atoms with E-state index in [1.165, 1.54) is 11.1 Å². The molecule has 0 aliphatic rings. The van der Waals surface area contributed by atoms with Gasteiger partial charge in [0, 0.05) is 25.8 Å². The molecule has 0 radical (unpaired) electrons. The molecule has 0 saturated heterocycles. The zero-order valence-corrected chi connectivity index (χ0v) is 13.1. The molecule has 1 aromatic rings. The van der Waals surface area contributed by atoms with Gasteiger partial charge in [0.25, 0.3) is 0 Å². The van der Waals surface area contributed by atoms with Crippen molar-refractivity contribution in [1.29, 1.82) is 0 Å². The number of anilines is 1. The summed E-state index contributed by atoms with van der Waals surface area (Å²) < 4.78 is 0. The molecule has 0 aliphatic carbocycles. The largest absolute Gasteiger partial charge is 0.365 e. The van der Waals surface area contributed by atoms with Gasteiger partial charge in [0.2, 0.25) is 5.91 Å². The molecule has 1 amide bonds. The first kappa shape index (κ1) is 16.5. The lowest BCUT2D eigenvalue weighted by Gasteiger charge is -2.22. The van der Waals surface area contributed by atoms with Gasteiger partial charge < -0.3 is 15.5 Å². The Morgan fingerprint density at radius 2 is 2.05 bits per heavy atom. The lowest BCUT2D eigenvalue weighted by molar-refractivity contribution is -0.119. The fourth-order valence-corrected chi connectivity index (χ4v) is 2.18. The Bertz CT molecular complexity index is 432. The number of carbonyl (C=O) groups excluding carboxylic acids is 1. The van der Waals surface area contributed by atoms with Crippen molar-refractivity contribution >= 4 is 11.6 Å². The van der Waals surface area contributed by atoms with Crippen LogP contribution in [-0.4, -0.2) is 32.6 Å². The van der Waals surface area contributed by atoms with Gasteiger partial charge in [0.15, 0.2) is 0 Å². The van der Waals surface area contributed by atoms with Crippen LogP contribution in [0, 0.1) is 6.92 Å². The van der Waals surface area contributed by atoms with Crippen LogP contribution in [0.5, 0.6) is 0 Å².